The molecule has 24 heavy (non-hydrogen) atoms. The first kappa shape index (κ1) is 18.9. The van der Waals surface area contributed by atoms with Crippen molar-refractivity contribution in [3.05, 3.63) is 35.4 Å². The maximum absolute atomic E-state index is 12.1. The van der Waals surface area contributed by atoms with Gasteiger partial charge in [0.25, 0.3) is 0 Å². The molecular formula is C18H28N2O3S. The van der Waals surface area contributed by atoms with Crippen LogP contribution in [0.15, 0.2) is 24.3 Å². The highest BCUT2D eigenvalue weighted by molar-refractivity contribution is 7.88. The van der Waals surface area contributed by atoms with Crippen LogP contribution in [0, 0.1) is 6.92 Å². The predicted molar refractivity (Wildman–Crippen MR) is 96.3 cm³/mol. The number of amides is 1. The standard InChI is InChI=1S/C18H28N2O3S/c1-15-8-6-7-9-16(15)14-18(21)19-12-13-20(24(2,22)23)17-10-4-3-5-11-17/h6-9,17H,3-5,10-14H2,1-2H3,(H,19,21). The molecular weight excluding hydrogens is 324 g/mol. The number of benzene rings is 1. The first-order chi connectivity index (χ1) is 11.4. The van der Waals surface area contributed by atoms with Crippen LogP contribution in [-0.4, -0.2) is 44.0 Å². The number of hydrogen-bond acceptors (Lipinski definition) is 3. The molecule has 1 amide bonds. The number of hydrogen-bond donors (Lipinski definition) is 1. The summed E-state index contributed by atoms with van der Waals surface area (Å²) in [4.78, 5) is 12.1. The lowest BCUT2D eigenvalue weighted by Gasteiger charge is -2.32. The van der Waals surface area contributed by atoms with Gasteiger partial charge in [-0.2, -0.15) is 4.31 Å². The Hall–Kier alpha value is -1.40. The van der Waals surface area contributed by atoms with E-state index >= 15 is 0 Å². The van der Waals surface area contributed by atoms with Crippen LogP contribution in [0.3, 0.4) is 0 Å². The number of sulfonamides is 1. The van der Waals surface area contributed by atoms with Crippen molar-refractivity contribution in [2.45, 2.75) is 51.5 Å². The van der Waals surface area contributed by atoms with E-state index in [1.807, 2.05) is 31.2 Å². The minimum atomic E-state index is -3.25. The Morgan fingerprint density at radius 2 is 1.88 bits per heavy atom. The Labute approximate surface area is 145 Å². The van der Waals surface area contributed by atoms with Gasteiger partial charge in [-0.25, -0.2) is 8.42 Å². The van der Waals surface area contributed by atoms with Gasteiger partial charge in [0.1, 0.15) is 0 Å². The average molecular weight is 353 g/mol. The second-order valence-electron chi connectivity index (χ2n) is 6.62. The Morgan fingerprint density at radius 1 is 1.21 bits per heavy atom. The molecule has 0 unspecified atom stereocenters. The van der Waals surface area contributed by atoms with Crippen LogP contribution in [0.2, 0.25) is 0 Å². The van der Waals surface area contributed by atoms with E-state index in [0.717, 1.165) is 36.8 Å². The van der Waals surface area contributed by atoms with Crippen molar-refractivity contribution in [1.82, 2.24) is 9.62 Å². The third-order valence-electron chi connectivity index (χ3n) is 4.67. The van der Waals surface area contributed by atoms with Crippen molar-refractivity contribution in [2.75, 3.05) is 19.3 Å². The molecule has 1 fully saturated rings. The highest BCUT2D eigenvalue weighted by Crippen LogP contribution is 2.24. The van der Waals surface area contributed by atoms with Gasteiger partial charge in [-0.1, -0.05) is 43.5 Å². The number of nitrogens with one attached hydrogen (secondary N) is 1. The molecule has 1 aliphatic rings. The van der Waals surface area contributed by atoms with E-state index < -0.39 is 10.0 Å². The molecule has 0 aromatic heterocycles. The smallest absolute Gasteiger partial charge is 0.224 e. The van der Waals surface area contributed by atoms with E-state index in [9.17, 15) is 13.2 Å². The van der Waals surface area contributed by atoms with Crippen LogP contribution < -0.4 is 5.32 Å². The van der Waals surface area contributed by atoms with Gasteiger partial charge in [0.2, 0.25) is 15.9 Å². The Balaban J connectivity index is 1.86. The average Bonchev–Trinajstić information content (AvgIpc) is 2.53. The molecule has 0 saturated heterocycles. The first-order valence-electron chi connectivity index (χ1n) is 8.66. The summed E-state index contributed by atoms with van der Waals surface area (Å²) in [6, 6.07) is 7.88. The second-order valence-corrected chi connectivity index (χ2v) is 8.55. The second kappa shape index (κ2) is 8.62. The van der Waals surface area contributed by atoms with E-state index in [-0.39, 0.29) is 11.9 Å². The lowest BCUT2D eigenvalue weighted by molar-refractivity contribution is -0.120. The Kier molecular flexibility index (Phi) is 6.80. The number of nitrogens with zero attached hydrogens (tertiary/aromatic N) is 1. The molecule has 2 rings (SSSR count). The number of carbonyl (C=O) groups excluding carboxylic acids is 1. The molecule has 1 N–H and O–H groups in total. The largest absolute Gasteiger partial charge is 0.354 e. The SMILES string of the molecule is Cc1ccccc1CC(=O)NCCN(C1CCCCC1)S(C)(=O)=O. The molecule has 0 atom stereocenters. The zero-order valence-electron chi connectivity index (χ0n) is 14.6. The summed E-state index contributed by atoms with van der Waals surface area (Å²) in [6.45, 7) is 2.69. The zero-order valence-corrected chi connectivity index (χ0v) is 15.4. The fraction of sp³-hybridized carbons (Fsp3) is 0.611. The summed E-state index contributed by atoms with van der Waals surface area (Å²) < 4.78 is 25.7. The molecule has 1 aromatic rings. The highest BCUT2D eigenvalue weighted by Gasteiger charge is 2.27. The zero-order chi connectivity index (χ0) is 17.6. The van der Waals surface area contributed by atoms with Crippen molar-refractivity contribution in [1.29, 1.82) is 0 Å². The summed E-state index contributed by atoms with van der Waals surface area (Å²) in [5, 5.41) is 2.85. The lowest BCUT2D eigenvalue weighted by Crippen LogP contribution is -2.45. The molecule has 1 saturated carbocycles. The molecule has 0 aliphatic heterocycles. The summed E-state index contributed by atoms with van der Waals surface area (Å²) in [5.74, 6) is -0.0682. The van der Waals surface area contributed by atoms with Gasteiger partial charge in [-0.3, -0.25) is 4.79 Å². The summed E-state index contributed by atoms with van der Waals surface area (Å²) in [6.07, 6.45) is 6.77. The van der Waals surface area contributed by atoms with Crippen LogP contribution in [0.4, 0.5) is 0 Å². The quantitative estimate of drug-likeness (QED) is 0.818. The van der Waals surface area contributed by atoms with Gasteiger partial charge in [-0.15, -0.1) is 0 Å². The summed E-state index contributed by atoms with van der Waals surface area (Å²) >= 11 is 0. The topological polar surface area (TPSA) is 66.5 Å². The lowest BCUT2D eigenvalue weighted by atomic mass is 9.95. The summed E-state index contributed by atoms with van der Waals surface area (Å²) in [7, 11) is -3.25. The predicted octanol–water partition coefficient (Wildman–Crippen LogP) is 2.25. The highest BCUT2D eigenvalue weighted by atomic mass is 32.2. The van der Waals surface area contributed by atoms with E-state index in [2.05, 4.69) is 5.32 Å². The maximum atomic E-state index is 12.1. The minimum absolute atomic E-state index is 0.0682. The monoisotopic (exact) mass is 352 g/mol. The molecule has 0 heterocycles. The van der Waals surface area contributed by atoms with Crippen LogP contribution in [0.5, 0.6) is 0 Å². The number of aryl methyl sites for hydroxylation is 1. The minimum Gasteiger partial charge on any atom is -0.354 e. The molecule has 5 nitrogen and oxygen atoms in total. The third-order valence-corrected chi connectivity index (χ3v) is 6.01. The van der Waals surface area contributed by atoms with Crippen molar-refractivity contribution in [2.24, 2.45) is 0 Å². The van der Waals surface area contributed by atoms with Crippen LogP contribution in [-0.2, 0) is 21.2 Å². The van der Waals surface area contributed by atoms with E-state index in [0.29, 0.717) is 19.5 Å². The van der Waals surface area contributed by atoms with Gasteiger partial charge in [0, 0.05) is 19.1 Å². The fourth-order valence-corrected chi connectivity index (χ4v) is 4.51. The van der Waals surface area contributed by atoms with Gasteiger partial charge in [0.15, 0.2) is 0 Å². The summed E-state index contributed by atoms with van der Waals surface area (Å²) in [5.41, 5.74) is 2.09. The normalized spacial score (nSPS) is 16.3. The Morgan fingerprint density at radius 3 is 2.50 bits per heavy atom. The molecule has 134 valence electrons. The van der Waals surface area contributed by atoms with Gasteiger partial charge >= 0.3 is 0 Å². The van der Waals surface area contributed by atoms with Gasteiger partial charge in [0.05, 0.1) is 12.7 Å². The number of carbonyl (C=O) groups is 1. The molecule has 1 aromatic carbocycles. The van der Waals surface area contributed by atoms with Crippen LogP contribution in [0.25, 0.3) is 0 Å². The van der Waals surface area contributed by atoms with E-state index in [1.165, 1.54) is 12.7 Å². The first-order valence-corrected chi connectivity index (χ1v) is 10.5. The van der Waals surface area contributed by atoms with Gasteiger partial charge in [-0.05, 0) is 30.9 Å². The molecule has 0 radical (unpaired) electrons. The van der Waals surface area contributed by atoms with Crippen LogP contribution in [0.1, 0.15) is 43.2 Å². The molecule has 0 bridgehead atoms. The maximum Gasteiger partial charge on any atom is 0.224 e. The van der Waals surface area contributed by atoms with Crippen molar-refractivity contribution >= 4 is 15.9 Å². The van der Waals surface area contributed by atoms with Gasteiger partial charge < -0.3 is 5.32 Å². The third kappa shape index (κ3) is 5.60. The fourth-order valence-electron chi connectivity index (χ4n) is 3.34. The van der Waals surface area contributed by atoms with Crippen molar-refractivity contribution < 1.29 is 13.2 Å². The van der Waals surface area contributed by atoms with E-state index in [4.69, 9.17) is 0 Å². The molecule has 0 spiro atoms. The van der Waals surface area contributed by atoms with Crippen LogP contribution >= 0.6 is 0 Å². The molecule has 1 aliphatic carbocycles. The van der Waals surface area contributed by atoms with Crippen molar-refractivity contribution in [3.8, 4) is 0 Å². The number of rotatable bonds is 7. The van der Waals surface area contributed by atoms with Crippen molar-refractivity contribution in [3.63, 3.8) is 0 Å². The van der Waals surface area contributed by atoms with E-state index in [1.54, 1.807) is 4.31 Å². The Bertz CT molecular complexity index is 652. The molecule has 6 heteroatoms.